The van der Waals surface area contributed by atoms with Crippen molar-refractivity contribution in [2.45, 2.75) is 19.6 Å². The number of hydrogen-bond donors (Lipinski definition) is 0. The summed E-state index contributed by atoms with van der Waals surface area (Å²) in [7, 11) is 0. The number of rotatable bonds is 4. The van der Waals surface area contributed by atoms with Gasteiger partial charge in [-0.1, -0.05) is 60.7 Å². The van der Waals surface area contributed by atoms with E-state index in [0.29, 0.717) is 6.73 Å². The van der Waals surface area contributed by atoms with Crippen LogP contribution in [-0.2, 0) is 19.6 Å². The predicted octanol–water partition coefficient (Wildman–Crippen LogP) is 5.33. The second-order valence-corrected chi connectivity index (χ2v) is 7.11. The Bertz CT molecular complexity index is 1130. The van der Waals surface area contributed by atoms with Crippen LogP contribution in [0.2, 0.25) is 0 Å². The second kappa shape index (κ2) is 6.60. The molecule has 0 N–H and O–H groups in total. The Morgan fingerprint density at radius 1 is 0.926 bits per heavy atom. The molecule has 3 heteroatoms. The highest BCUT2D eigenvalue weighted by atomic mass is 16.5. The molecule has 0 aliphatic carbocycles. The fourth-order valence-corrected chi connectivity index (χ4v) is 4.15. The van der Waals surface area contributed by atoms with Gasteiger partial charge in [-0.05, 0) is 17.7 Å². The van der Waals surface area contributed by atoms with Crippen LogP contribution in [0.1, 0.15) is 11.1 Å². The van der Waals surface area contributed by atoms with E-state index in [1.807, 2.05) is 6.08 Å². The predicted molar refractivity (Wildman–Crippen MR) is 111 cm³/mol. The largest absolute Gasteiger partial charge is 0.477 e. The maximum Gasteiger partial charge on any atom is 0.142 e. The molecule has 0 saturated carbocycles. The number of aromatic nitrogens is 1. The highest BCUT2D eigenvalue weighted by Crippen LogP contribution is 2.40. The van der Waals surface area contributed by atoms with E-state index in [9.17, 15) is 0 Å². The van der Waals surface area contributed by atoms with E-state index in [0.717, 1.165) is 25.4 Å². The number of hydrogen-bond acceptors (Lipinski definition) is 2. The summed E-state index contributed by atoms with van der Waals surface area (Å²) >= 11 is 0. The van der Waals surface area contributed by atoms with Crippen molar-refractivity contribution in [3.63, 3.8) is 0 Å². The lowest BCUT2D eigenvalue weighted by Crippen LogP contribution is -2.31. The summed E-state index contributed by atoms with van der Waals surface area (Å²) in [6.07, 6.45) is 1.95. The van der Waals surface area contributed by atoms with Gasteiger partial charge in [-0.3, -0.25) is 4.90 Å². The summed E-state index contributed by atoms with van der Waals surface area (Å²) in [4.78, 5) is 2.34. The molecular weight excluding hydrogens is 332 g/mol. The number of allylic oxidation sites excluding steroid dienone is 1. The summed E-state index contributed by atoms with van der Waals surface area (Å²) in [5, 5.41) is 2.48. The summed E-state index contributed by atoms with van der Waals surface area (Å²) in [6, 6.07) is 23.6. The molecule has 134 valence electrons. The second-order valence-electron chi connectivity index (χ2n) is 7.11. The number of ether oxygens (including phenoxy) is 1. The molecule has 1 aromatic heterocycles. The Morgan fingerprint density at radius 2 is 1.74 bits per heavy atom. The molecule has 0 unspecified atom stereocenters. The molecule has 3 aromatic carbocycles. The van der Waals surface area contributed by atoms with Gasteiger partial charge in [-0.2, -0.15) is 0 Å². The maximum atomic E-state index is 6.31. The van der Waals surface area contributed by atoms with Gasteiger partial charge in [-0.25, -0.2) is 0 Å². The molecule has 2 heterocycles. The van der Waals surface area contributed by atoms with Crippen LogP contribution in [0.3, 0.4) is 0 Å². The molecule has 3 nitrogen and oxygen atoms in total. The molecular formula is C24H22N2O. The van der Waals surface area contributed by atoms with Crippen molar-refractivity contribution in [1.82, 2.24) is 9.47 Å². The van der Waals surface area contributed by atoms with Crippen LogP contribution in [-0.4, -0.2) is 16.2 Å². The smallest absolute Gasteiger partial charge is 0.142 e. The fraction of sp³-hybridized carbons (Fsp3) is 0.167. The van der Waals surface area contributed by atoms with E-state index in [1.165, 1.54) is 32.9 Å². The zero-order valence-electron chi connectivity index (χ0n) is 15.3. The normalized spacial score (nSPS) is 14.2. The lowest BCUT2D eigenvalue weighted by molar-refractivity contribution is 0.0904. The maximum absolute atomic E-state index is 6.31. The van der Waals surface area contributed by atoms with E-state index in [2.05, 4.69) is 82.8 Å². The minimum absolute atomic E-state index is 0.613. The van der Waals surface area contributed by atoms with Crippen molar-refractivity contribution in [2.75, 3.05) is 6.73 Å². The van der Waals surface area contributed by atoms with Crippen molar-refractivity contribution >= 4 is 21.8 Å². The monoisotopic (exact) mass is 354 g/mol. The molecule has 5 rings (SSSR count). The Morgan fingerprint density at radius 3 is 2.59 bits per heavy atom. The van der Waals surface area contributed by atoms with Crippen LogP contribution >= 0.6 is 0 Å². The molecule has 0 radical (unpaired) electrons. The lowest BCUT2D eigenvalue weighted by atomic mass is 10.1. The zero-order chi connectivity index (χ0) is 18.2. The third-order valence-corrected chi connectivity index (χ3v) is 5.32. The van der Waals surface area contributed by atoms with Crippen molar-refractivity contribution in [3.05, 3.63) is 90.5 Å². The molecule has 1 aliphatic rings. The van der Waals surface area contributed by atoms with Gasteiger partial charge in [0.1, 0.15) is 12.5 Å². The van der Waals surface area contributed by atoms with Crippen LogP contribution in [0.4, 0.5) is 0 Å². The number of nitrogens with zero attached hydrogens (tertiary/aromatic N) is 2. The van der Waals surface area contributed by atoms with Gasteiger partial charge in [0.25, 0.3) is 0 Å². The first-order chi connectivity index (χ1) is 13.3. The molecule has 0 saturated heterocycles. The quantitative estimate of drug-likeness (QED) is 0.461. The van der Waals surface area contributed by atoms with Gasteiger partial charge in [0, 0.05) is 36.1 Å². The number of benzene rings is 3. The first-order valence-electron chi connectivity index (χ1n) is 9.38. The summed E-state index contributed by atoms with van der Waals surface area (Å²) in [5.41, 5.74) is 5.02. The van der Waals surface area contributed by atoms with Crippen LogP contribution in [0, 0.1) is 0 Å². The number of fused-ring (bicyclic) bond motifs is 5. The van der Waals surface area contributed by atoms with Gasteiger partial charge in [0.05, 0.1) is 10.9 Å². The third-order valence-electron chi connectivity index (χ3n) is 5.32. The third kappa shape index (κ3) is 2.71. The van der Waals surface area contributed by atoms with Crippen LogP contribution in [0.15, 0.2) is 79.4 Å². The minimum atomic E-state index is 0.613. The van der Waals surface area contributed by atoms with Crippen molar-refractivity contribution in [3.8, 4) is 5.75 Å². The molecule has 0 bridgehead atoms. The highest BCUT2D eigenvalue weighted by molar-refractivity contribution is 6.11. The first kappa shape index (κ1) is 16.2. The van der Waals surface area contributed by atoms with E-state index >= 15 is 0 Å². The summed E-state index contributed by atoms with van der Waals surface area (Å²) < 4.78 is 8.63. The van der Waals surface area contributed by atoms with E-state index in [4.69, 9.17) is 4.74 Å². The number of para-hydroxylation sites is 1. The fourth-order valence-electron chi connectivity index (χ4n) is 4.15. The van der Waals surface area contributed by atoms with Crippen LogP contribution < -0.4 is 4.74 Å². The first-order valence-corrected chi connectivity index (χ1v) is 9.38. The summed E-state index contributed by atoms with van der Waals surface area (Å²) in [5.74, 6) is 1.04. The van der Waals surface area contributed by atoms with Gasteiger partial charge in [0.2, 0.25) is 0 Å². The molecule has 0 spiro atoms. The van der Waals surface area contributed by atoms with Gasteiger partial charge in [0.15, 0.2) is 0 Å². The lowest BCUT2D eigenvalue weighted by Gasteiger charge is -2.29. The molecule has 27 heavy (non-hydrogen) atoms. The van der Waals surface area contributed by atoms with Crippen molar-refractivity contribution < 1.29 is 4.74 Å². The van der Waals surface area contributed by atoms with Gasteiger partial charge >= 0.3 is 0 Å². The minimum Gasteiger partial charge on any atom is -0.477 e. The molecule has 0 atom stereocenters. The van der Waals surface area contributed by atoms with E-state index in [1.54, 1.807) is 0 Å². The Balaban J connectivity index is 1.58. The SMILES string of the molecule is C=CCn1c2ccccc2c2c3c(ccc21)CN(Cc1ccccc1)CO3. The van der Waals surface area contributed by atoms with Gasteiger partial charge < -0.3 is 9.30 Å². The average molecular weight is 354 g/mol. The molecule has 0 amide bonds. The Kier molecular flexibility index (Phi) is 3.95. The van der Waals surface area contributed by atoms with Gasteiger partial charge in [-0.15, -0.1) is 6.58 Å². The zero-order valence-corrected chi connectivity index (χ0v) is 15.3. The average Bonchev–Trinajstić information content (AvgIpc) is 3.03. The standard InChI is InChI=1S/C24H22N2O/c1-2-14-26-21-11-7-6-10-20(21)23-22(26)13-12-19-16-25(17-27-24(19)23)15-18-8-4-3-5-9-18/h2-13H,1,14-17H2. The van der Waals surface area contributed by atoms with E-state index < -0.39 is 0 Å². The molecule has 0 fully saturated rings. The van der Waals surface area contributed by atoms with Crippen LogP contribution in [0.5, 0.6) is 5.75 Å². The Labute approximate surface area is 159 Å². The van der Waals surface area contributed by atoms with E-state index in [-0.39, 0.29) is 0 Å². The molecule has 1 aliphatic heterocycles. The summed E-state index contributed by atoms with van der Waals surface area (Å²) in [6.45, 7) is 7.14. The van der Waals surface area contributed by atoms with Crippen molar-refractivity contribution in [2.24, 2.45) is 0 Å². The molecule has 4 aromatic rings. The highest BCUT2D eigenvalue weighted by Gasteiger charge is 2.23. The van der Waals surface area contributed by atoms with Crippen molar-refractivity contribution in [1.29, 1.82) is 0 Å². The van der Waals surface area contributed by atoms with Crippen LogP contribution in [0.25, 0.3) is 21.8 Å². The topological polar surface area (TPSA) is 17.4 Å². The Hall–Kier alpha value is -3.04.